The van der Waals surface area contributed by atoms with Gasteiger partial charge >= 0.3 is 0 Å². The summed E-state index contributed by atoms with van der Waals surface area (Å²) in [6.07, 6.45) is 0. The van der Waals surface area contributed by atoms with Gasteiger partial charge in [-0.3, -0.25) is 0 Å². The van der Waals surface area contributed by atoms with Crippen LogP contribution >= 0.6 is 15.9 Å². The maximum absolute atomic E-state index is 12.9. The van der Waals surface area contributed by atoms with E-state index in [0.717, 1.165) is 4.47 Å². The molecular formula is C12H9BrFNO2. The zero-order valence-electron chi connectivity index (χ0n) is 8.98. The van der Waals surface area contributed by atoms with Crippen LogP contribution in [0.5, 0.6) is 17.4 Å². The lowest BCUT2D eigenvalue weighted by Gasteiger charge is -2.09. The summed E-state index contributed by atoms with van der Waals surface area (Å²) in [6, 6.07) is 9.64. The summed E-state index contributed by atoms with van der Waals surface area (Å²) in [5.41, 5.74) is 0. The van der Waals surface area contributed by atoms with E-state index in [1.54, 1.807) is 24.3 Å². The number of methoxy groups -OCH3 is 1. The van der Waals surface area contributed by atoms with Gasteiger partial charge in [0.1, 0.15) is 0 Å². The molecule has 0 aliphatic heterocycles. The van der Waals surface area contributed by atoms with Crippen LogP contribution in [0.15, 0.2) is 40.9 Å². The van der Waals surface area contributed by atoms with Gasteiger partial charge in [-0.05, 0) is 24.3 Å². The molecule has 0 unspecified atom stereocenters. The third kappa shape index (κ3) is 2.94. The quantitative estimate of drug-likeness (QED) is 0.808. The van der Waals surface area contributed by atoms with Gasteiger partial charge in [0.15, 0.2) is 11.5 Å². The van der Waals surface area contributed by atoms with Gasteiger partial charge in [0.2, 0.25) is 11.8 Å². The number of hydrogen-bond acceptors (Lipinski definition) is 3. The second-order valence-corrected chi connectivity index (χ2v) is 4.11. The standard InChI is InChI=1S/C12H9BrFNO2/c1-16-10-7-8(13)5-6-9(10)17-12-4-2-3-11(14)15-12/h2-7H,1H3. The minimum atomic E-state index is -0.585. The van der Waals surface area contributed by atoms with E-state index < -0.39 is 5.95 Å². The van der Waals surface area contributed by atoms with Crippen LogP contribution < -0.4 is 9.47 Å². The molecule has 0 fully saturated rings. The first kappa shape index (κ1) is 11.9. The minimum absolute atomic E-state index is 0.186. The Balaban J connectivity index is 2.29. The second kappa shape index (κ2) is 5.14. The van der Waals surface area contributed by atoms with E-state index in [-0.39, 0.29) is 5.88 Å². The van der Waals surface area contributed by atoms with Crippen molar-refractivity contribution >= 4 is 15.9 Å². The average Bonchev–Trinajstić information content (AvgIpc) is 2.31. The van der Waals surface area contributed by atoms with Crippen LogP contribution in [0.4, 0.5) is 4.39 Å². The van der Waals surface area contributed by atoms with Gasteiger partial charge in [-0.15, -0.1) is 0 Å². The van der Waals surface area contributed by atoms with Crippen molar-refractivity contribution in [1.82, 2.24) is 4.98 Å². The van der Waals surface area contributed by atoms with Crippen molar-refractivity contribution in [3.63, 3.8) is 0 Å². The molecule has 3 nitrogen and oxygen atoms in total. The minimum Gasteiger partial charge on any atom is -0.493 e. The molecule has 0 aliphatic carbocycles. The average molecular weight is 298 g/mol. The summed E-state index contributed by atoms with van der Waals surface area (Å²) < 4.78 is 24.3. The lowest BCUT2D eigenvalue weighted by atomic mass is 10.3. The molecule has 17 heavy (non-hydrogen) atoms. The van der Waals surface area contributed by atoms with Crippen LogP contribution in [0.2, 0.25) is 0 Å². The molecule has 0 saturated heterocycles. The van der Waals surface area contributed by atoms with Crippen LogP contribution in [0.25, 0.3) is 0 Å². The van der Waals surface area contributed by atoms with Gasteiger partial charge in [0.25, 0.3) is 0 Å². The summed E-state index contributed by atoms with van der Waals surface area (Å²) in [7, 11) is 1.54. The number of rotatable bonds is 3. The molecule has 0 N–H and O–H groups in total. The van der Waals surface area contributed by atoms with Gasteiger partial charge in [-0.25, -0.2) is 0 Å². The normalized spacial score (nSPS) is 10.1. The van der Waals surface area contributed by atoms with Crippen LogP contribution in [-0.4, -0.2) is 12.1 Å². The second-order valence-electron chi connectivity index (χ2n) is 3.20. The molecule has 5 heteroatoms. The van der Waals surface area contributed by atoms with Crippen molar-refractivity contribution in [3.8, 4) is 17.4 Å². The third-order valence-electron chi connectivity index (χ3n) is 2.03. The molecule has 0 aliphatic rings. The molecule has 0 saturated carbocycles. The molecule has 0 bridgehead atoms. The summed E-state index contributed by atoms with van der Waals surface area (Å²) in [4.78, 5) is 3.61. The molecule has 0 atom stereocenters. The maximum Gasteiger partial charge on any atom is 0.222 e. The fourth-order valence-electron chi connectivity index (χ4n) is 1.28. The predicted octanol–water partition coefficient (Wildman–Crippen LogP) is 3.78. The number of hydrogen-bond donors (Lipinski definition) is 0. The van der Waals surface area contributed by atoms with Crippen LogP contribution in [0, 0.1) is 5.95 Å². The third-order valence-corrected chi connectivity index (χ3v) is 2.52. The molecule has 2 aromatic rings. The first-order chi connectivity index (χ1) is 8.19. The Kier molecular flexibility index (Phi) is 3.58. The number of ether oxygens (including phenoxy) is 2. The van der Waals surface area contributed by atoms with Crippen molar-refractivity contribution in [2.24, 2.45) is 0 Å². The molecule has 1 aromatic heterocycles. The highest BCUT2D eigenvalue weighted by Gasteiger charge is 2.07. The van der Waals surface area contributed by atoms with Gasteiger partial charge < -0.3 is 9.47 Å². The SMILES string of the molecule is COc1cc(Br)ccc1Oc1cccc(F)n1. The van der Waals surface area contributed by atoms with Crippen molar-refractivity contribution in [1.29, 1.82) is 0 Å². The first-order valence-electron chi connectivity index (χ1n) is 4.83. The van der Waals surface area contributed by atoms with E-state index in [4.69, 9.17) is 9.47 Å². The highest BCUT2D eigenvalue weighted by Crippen LogP contribution is 2.33. The maximum atomic E-state index is 12.9. The monoisotopic (exact) mass is 297 g/mol. The predicted molar refractivity (Wildman–Crippen MR) is 65.0 cm³/mol. The van der Waals surface area contributed by atoms with Crippen molar-refractivity contribution < 1.29 is 13.9 Å². The van der Waals surface area contributed by atoms with Crippen LogP contribution in [0.3, 0.4) is 0 Å². The van der Waals surface area contributed by atoms with Gasteiger partial charge in [0, 0.05) is 10.5 Å². The first-order valence-corrected chi connectivity index (χ1v) is 5.62. The van der Waals surface area contributed by atoms with E-state index in [2.05, 4.69) is 20.9 Å². The van der Waals surface area contributed by atoms with Gasteiger partial charge in [-0.1, -0.05) is 22.0 Å². The van der Waals surface area contributed by atoms with Gasteiger partial charge in [-0.2, -0.15) is 9.37 Å². The molecule has 1 heterocycles. The molecular weight excluding hydrogens is 289 g/mol. The molecule has 0 amide bonds. The van der Waals surface area contributed by atoms with Crippen LogP contribution in [-0.2, 0) is 0 Å². The molecule has 88 valence electrons. The van der Waals surface area contributed by atoms with Crippen molar-refractivity contribution in [2.75, 3.05) is 7.11 Å². The Hall–Kier alpha value is -1.62. The van der Waals surface area contributed by atoms with Crippen molar-refractivity contribution in [2.45, 2.75) is 0 Å². The summed E-state index contributed by atoms with van der Waals surface area (Å²) in [5.74, 6) is 0.628. The zero-order chi connectivity index (χ0) is 12.3. The number of nitrogens with zero attached hydrogens (tertiary/aromatic N) is 1. The van der Waals surface area contributed by atoms with E-state index >= 15 is 0 Å². The highest BCUT2D eigenvalue weighted by atomic mass is 79.9. The number of aromatic nitrogens is 1. The Morgan fingerprint density at radius 3 is 2.71 bits per heavy atom. The summed E-state index contributed by atoms with van der Waals surface area (Å²) >= 11 is 3.32. The van der Waals surface area contributed by atoms with Gasteiger partial charge in [0.05, 0.1) is 7.11 Å². The fraction of sp³-hybridized carbons (Fsp3) is 0.0833. The van der Waals surface area contributed by atoms with E-state index in [0.29, 0.717) is 11.5 Å². The summed E-state index contributed by atoms with van der Waals surface area (Å²) in [5, 5.41) is 0. The number of pyridine rings is 1. The lowest BCUT2D eigenvalue weighted by Crippen LogP contribution is -1.93. The van der Waals surface area contributed by atoms with E-state index in [1.165, 1.54) is 19.2 Å². The van der Waals surface area contributed by atoms with E-state index in [1.807, 2.05) is 0 Å². The highest BCUT2D eigenvalue weighted by molar-refractivity contribution is 9.10. The summed E-state index contributed by atoms with van der Waals surface area (Å²) in [6.45, 7) is 0. The van der Waals surface area contributed by atoms with Crippen molar-refractivity contribution in [3.05, 3.63) is 46.8 Å². The Labute approximate surface area is 106 Å². The largest absolute Gasteiger partial charge is 0.493 e. The molecule has 0 radical (unpaired) electrons. The molecule has 2 rings (SSSR count). The van der Waals surface area contributed by atoms with Crippen LogP contribution in [0.1, 0.15) is 0 Å². The lowest BCUT2D eigenvalue weighted by molar-refractivity contribution is 0.371. The smallest absolute Gasteiger partial charge is 0.222 e. The zero-order valence-corrected chi connectivity index (χ0v) is 10.6. The van der Waals surface area contributed by atoms with E-state index in [9.17, 15) is 4.39 Å². The fourth-order valence-corrected chi connectivity index (χ4v) is 1.62. The number of benzene rings is 1. The Bertz CT molecular complexity index is 534. The Morgan fingerprint density at radius 1 is 1.18 bits per heavy atom. The number of halogens is 2. The Morgan fingerprint density at radius 2 is 2.00 bits per heavy atom. The molecule has 1 aromatic carbocycles. The topological polar surface area (TPSA) is 31.4 Å². The molecule has 0 spiro atoms.